The molecule has 202 valence electrons. The molecule has 3 fully saturated rings. The van der Waals surface area contributed by atoms with E-state index >= 15 is 0 Å². The minimum absolute atomic E-state index is 0.0557. The van der Waals surface area contributed by atoms with E-state index in [1.165, 1.54) is 13.0 Å². The topological polar surface area (TPSA) is 107 Å². The van der Waals surface area contributed by atoms with Gasteiger partial charge in [0.05, 0.1) is 31.0 Å². The Labute approximate surface area is 215 Å². The molecule has 0 bridgehead atoms. The molecule has 0 aromatic heterocycles. The third-order valence-corrected chi connectivity index (χ3v) is 7.38. The van der Waals surface area contributed by atoms with E-state index < -0.39 is 17.8 Å². The van der Waals surface area contributed by atoms with Crippen LogP contribution in [-0.4, -0.2) is 71.9 Å². The average Bonchev–Trinajstić information content (AvgIpc) is 3.59. The Bertz CT molecular complexity index is 862. The quantitative estimate of drug-likeness (QED) is 0.214. The highest BCUT2D eigenvalue weighted by molar-refractivity contribution is 5.87. The second-order valence-electron chi connectivity index (χ2n) is 10.6. The lowest BCUT2D eigenvalue weighted by Gasteiger charge is -2.39. The number of amides is 1. The van der Waals surface area contributed by atoms with Gasteiger partial charge >= 0.3 is 5.97 Å². The fraction of sp³-hybridized carbons (Fsp3) is 0.714. The lowest BCUT2D eigenvalue weighted by atomic mass is 9.87. The van der Waals surface area contributed by atoms with Gasteiger partial charge in [0, 0.05) is 19.4 Å². The predicted molar refractivity (Wildman–Crippen MR) is 136 cm³/mol. The first-order valence-corrected chi connectivity index (χ1v) is 13.2. The molecule has 1 spiro atoms. The van der Waals surface area contributed by atoms with E-state index in [4.69, 9.17) is 18.9 Å². The van der Waals surface area contributed by atoms with E-state index in [1.54, 1.807) is 13.0 Å². The summed E-state index contributed by atoms with van der Waals surface area (Å²) >= 11 is 0. The Morgan fingerprint density at radius 3 is 2.58 bits per heavy atom. The van der Waals surface area contributed by atoms with E-state index in [-0.39, 0.29) is 48.3 Å². The molecule has 8 heteroatoms. The molecule has 3 aliphatic heterocycles. The molecular weight excluding hydrogens is 462 g/mol. The minimum Gasteiger partial charge on any atom is -0.459 e. The van der Waals surface area contributed by atoms with E-state index in [0.717, 1.165) is 31.3 Å². The van der Waals surface area contributed by atoms with Crippen molar-refractivity contribution < 1.29 is 33.6 Å². The van der Waals surface area contributed by atoms with Crippen LogP contribution in [0, 0.1) is 5.92 Å². The maximum Gasteiger partial charge on any atom is 0.303 e. The van der Waals surface area contributed by atoms with Gasteiger partial charge in [-0.3, -0.25) is 9.59 Å². The first kappa shape index (κ1) is 28.6. The number of carbonyl (C=O) groups is 2. The summed E-state index contributed by atoms with van der Waals surface area (Å²) in [5, 5.41) is 13.7. The molecule has 3 heterocycles. The number of hydrogen-bond donors (Lipinski definition) is 2. The van der Waals surface area contributed by atoms with Gasteiger partial charge in [0.15, 0.2) is 0 Å². The molecule has 8 nitrogen and oxygen atoms in total. The highest BCUT2D eigenvalue weighted by atomic mass is 16.6. The van der Waals surface area contributed by atoms with Crippen molar-refractivity contribution >= 4 is 11.9 Å². The number of allylic oxidation sites excluding steroid dienone is 2. The first-order valence-electron chi connectivity index (χ1n) is 13.2. The third-order valence-electron chi connectivity index (χ3n) is 7.38. The molecule has 1 amide bonds. The van der Waals surface area contributed by atoms with Gasteiger partial charge in [-0.25, -0.2) is 0 Å². The fourth-order valence-electron chi connectivity index (χ4n) is 5.01. The second kappa shape index (κ2) is 12.5. The van der Waals surface area contributed by atoms with Crippen molar-refractivity contribution in [3.05, 3.63) is 36.0 Å². The first-order chi connectivity index (χ1) is 17.0. The van der Waals surface area contributed by atoms with Gasteiger partial charge in [-0.2, -0.15) is 0 Å². The largest absolute Gasteiger partial charge is 0.459 e. The molecule has 3 rings (SSSR count). The Morgan fingerprint density at radius 2 is 1.94 bits per heavy atom. The summed E-state index contributed by atoms with van der Waals surface area (Å²) in [5.41, 5.74) is 0.663. The minimum atomic E-state index is -0.640. The van der Waals surface area contributed by atoms with Crippen LogP contribution >= 0.6 is 0 Å². The van der Waals surface area contributed by atoms with E-state index in [1.807, 2.05) is 26.0 Å². The lowest BCUT2D eigenvalue weighted by molar-refractivity contribution is -0.143. The molecular formula is C28H43NO7. The maximum absolute atomic E-state index is 12.3. The second-order valence-corrected chi connectivity index (χ2v) is 10.6. The smallest absolute Gasteiger partial charge is 0.303 e. The zero-order chi connectivity index (χ0) is 26.5. The number of ether oxygens (including phenoxy) is 4. The van der Waals surface area contributed by atoms with Gasteiger partial charge in [0.2, 0.25) is 5.91 Å². The number of hydrogen-bond acceptors (Lipinski definition) is 7. The molecule has 36 heavy (non-hydrogen) atoms. The predicted octanol–water partition coefficient (Wildman–Crippen LogP) is 3.38. The molecule has 3 saturated heterocycles. The summed E-state index contributed by atoms with van der Waals surface area (Å²) < 4.78 is 22.9. The zero-order valence-electron chi connectivity index (χ0n) is 22.4. The highest BCUT2D eigenvalue weighted by Gasteiger charge is 2.57. The fourth-order valence-corrected chi connectivity index (χ4v) is 5.01. The van der Waals surface area contributed by atoms with Crippen LogP contribution in [0.1, 0.15) is 67.2 Å². The van der Waals surface area contributed by atoms with Crippen LogP contribution in [0.3, 0.4) is 0 Å². The number of aliphatic hydroxyl groups excluding tert-OH is 1. The van der Waals surface area contributed by atoms with E-state index in [9.17, 15) is 14.7 Å². The maximum atomic E-state index is 12.3. The van der Waals surface area contributed by atoms with E-state index in [2.05, 4.69) is 25.2 Å². The van der Waals surface area contributed by atoms with Crippen molar-refractivity contribution in [3.63, 3.8) is 0 Å². The van der Waals surface area contributed by atoms with Crippen LogP contribution in [0.4, 0.5) is 0 Å². The molecule has 0 aromatic rings. The van der Waals surface area contributed by atoms with Gasteiger partial charge in [-0.1, -0.05) is 37.6 Å². The number of rotatable bonds is 9. The molecule has 2 N–H and O–H groups in total. The van der Waals surface area contributed by atoms with Crippen molar-refractivity contribution in [2.75, 3.05) is 6.61 Å². The van der Waals surface area contributed by atoms with Crippen molar-refractivity contribution in [2.45, 2.75) is 115 Å². The molecule has 0 saturated carbocycles. The summed E-state index contributed by atoms with van der Waals surface area (Å²) in [4.78, 5) is 23.3. The van der Waals surface area contributed by atoms with Crippen LogP contribution in [0.25, 0.3) is 0 Å². The Morgan fingerprint density at radius 1 is 1.22 bits per heavy atom. The zero-order valence-corrected chi connectivity index (χ0v) is 22.4. The molecule has 1 unspecified atom stereocenters. The third kappa shape index (κ3) is 7.75. The van der Waals surface area contributed by atoms with Gasteiger partial charge in [-0.15, -0.1) is 0 Å². The average molecular weight is 506 g/mol. The van der Waals surface area contributed by atoms with E-state index in [0.29, 0.717) is 6.61 Å². The summed E-state index contributed by atoms with van der Waals surface area (Å²) in [5.74, 6) is -0.339. The van der Waals surface area contributed by atoms with Crippen LogP contribution in [0.2, 0.25) is 0 Å². The van der Waals surface area contributed by atoms with Gasteiger partial charge in [0.1, 0.15) is 23.9 Å². The van der Waals surface area contributed by atoms with Crippen molar-refractivity contribution in [2.24, 2.45) is 5.92 Å². The van der Waals surface area contributed by atoms with Crippen molar-refractivity contribution in [1.29, 1.82) is 0 Å². The monoisotopic (exact) mass is 505 g/mol. The number of epoxide rings is 1. The number of aliphatic hydroxyl groups is 1. The summed E-state index contributed by atoms with van der Waals surface area (Å²) in [7, 11) is 0. The summed E-state index contributed by atoms with van der Waals surface area (Å²) in [6, 6.07) is -0.0872. The van der Waals surface area contributed by atoms with Gasteiger partial charge in [0.25, 0.3) is 0 Å². The molecule has 3 aliphatic rings. The normalized spacial score (nSPS) is 37.9. The molecule has 9 atom stereocenters. The van der Waals surface area contributed by atoms with Gasteiger partial charge < -0.3 is 29.4 Å². The Balaban J connectivity index is 1.48. The van der Waals surface area contributed by atoms with Crippen LogP contribution in [0.5, 0.6) is 0 Å². The Hall–Kier alpha value is -2.00. The highest BCUT2D eigenvalue weighted by Crippen LogP contribution is 2.43. The standard InChI is InChI=1S/C28H43NO7/c1-7-22-15-28(16-33-28)27(32)25(36-22)12-9-17(2)8-11-24-18(3)14-23(20(5)35-24)29-26(31)13-10-19(4)34-21(6)30/h8-10,12-13,18-20,22-25,27,32H,7,11,14-16H2,1-6H3,(H,29,31)/b12-9+,13-10-,17-8+/t18-,19-,20+,22+,23+,24-,25?,27+,28+/m0/s1. The molecule has 0 aliphatic carbocycles. The molecule has 0 radical (unpaired) electrons. The summed E-state index contributed by atoms with van der Waals surface area (Å²) in [6.45, 7) is 11.9. The Kier molecular flexibility index (Phi) is 9.92. The van der Waals surface area contributed by atoms with Crippen molar-refractivity contribution in [3.8, 4) is 0 Å². The lowest BCUT2D eigenvalue weighted by Crippen LogP contribution is -2.50. The van der Waals surface area contributed by atoms with Gasteiger partial charge in [-0.05, 0) is 52.0 Å². The number of esters is 1. The van der Waals surface area contributed by atoms with Crippen LogP contribution in [0.15, 0.2) is 36.0 Å². The number of nitrogens with one attached hydrogen (secondary N) is 1. The van der Waals surface area contributed by atoms with Crippen LogP contribution < -0.4 is 5.32 Å². The molecule has 0 aromatic carbocycles. The number of carbonyl (C=O) groups excluding carboxylic acids is 2. The SMILES string of the molecule is CC[C@@H]1C[C@@]2(CO2)[C@H](O)C(/C=C/C(C)=C/C[C@@H]2O[C@H](C)[C@H](NC(=O)/C=C\[C@H](C)OC(C)=O)C[C@@H]2C)O1. The summed E-state index contributed by atoms with van der Waals surface area (Å²) in [6.07, 6.45) is 10.9. The van der Waals surface area contributed by atoms with Crippen LogP contribution in [-0.2, 0) is 28.5 Å². The van der Waals surface area contributed by atoms with Crippen molar-refractivity contribution in [1.82, 2.24) is 5.32 Å².